The van der Waals surface area contributed by atoms with Crippen LogP contribution >= 0.6 is 0 Å². The van der Waals surface area contributed by atoms with E-state index in [0.717, 1.165) is 42.8 Å². The van der Waals surface area contributed by atoms with E-state index in [1.165, 1.54) is 5.56 Å². The molecule has 0 radical (unpaired) electrons. The van der Waals surface area contributed by atoms with Crippen LogP contribution in [0, 0.1) is 0 Å². The minimum absolute atomic E-state index is 0.0551. The molecule has 0 bridgehead atoms. The van der Waals surface area contributed by atoms with Gasteiger partial charge in [0, 0.05) is 54.9 Å². The molecule has 1 aliphatic rings. The van der Waals surface area contributed by atoms with Gasteiger partial charge in [0.05, 0.1) is 6.54 Å². The van der Waals surface area contributed by atoms with E-state index in [0.29, 0.717) is 12.6 Å². The number of rotatable bonds is 6. The first-order valence-corrected chi connectivity index (χ1v) is 10.8. The summed E-state index contributed by atoms with van der Waals surface area (Å²) in [5.74, 6) is 0.0551. The Labute approximate surface area is 183 Å². The van der Waals surface area contributed by atoms with Crippen molar-refractivity contribution in [3.8, 4) is 11.3 Å². The summed E-state index contributed by atoms with van der Waals surface area (Å²) in [7, 11) is 4.16. The predicted octanol–water partition coefficient (Wildman–Crippen LogP) is 3.56. The second-order valence-electron chi connectivity index (χ2n) is 8.24. The number of hydrogen-bond acceptors (Lipinski definition) is 4. The number of carbonyl (C=O) groups excluding carboxylic acids is 1. The predicted molar refractivity (Wildman–Crippen MR) is 123 cm³/mol. The molecule has 1 amide bonds. The zero-order valence-corrected chi connectivity index (χ0v) is 18.2. The average Bonchev–Trinajstić information content (AvgIpc) is 3.21. The van der Waals surface area contributed by atoms with Crippen LogP contribution in [0.3, 0.4) is 0 Å². The van der Waals surface area contributed by atoms with Crippen LogP contribution in [0.15, 0.2) is 67.1 Å². The maximum absolute atomic E-state index is 12.9. The Bertz CT molecular complexity index is 1030. The van der Waals surface area contributed by atoms with Crippen LogP contribution in [-0.2, 0) is 11.3 Å². The number of likely N-dealkylation sites (tertiary alicyclic amines) is 1. The largest absolute Gasteiger partial charge is 0.338 e. The SMILES string of the molecule is CN(C)C1CCCN(C(=O)/C=C/c2cn(Cc3ccccc3)nc2-c2cccnc2)C1. The summed E-state index contributed by atoms with van der Waals surface area (Å²) >= 11 is 0. The molecule has 3 aromatic rings. The Hall–Kier alpha value is -3.25. The van der Waals surface area contributed by atoms with Crippen LogP contribution in [0.25, 0.3) is 17.3 Å². The molecule has 1 unspecified atom stereocenters. The second-order valence-corrected chi connectivity index (χ2v) is 8.24. The molecule has 31 heavy (non-hydrogen) atoms. The number of amides is 1. The number of likely N-dealkylation sites (N-methyl/N-ethyl adjacent to an activating group) is 1. The molecular weight excluding hydrogens is 386 g/mol. The monoisotopic (exact) mass is 415 g/mol. The summed E-state index contributed by atoms with van der Waals surface area (Å²) < 4.78 is 1.92. The Kier molecular flexibility index (Phi) is 6.57. The van der Waals surface area contributed by atoms with E-state index < -0.39 is 0 Å². The quantitative estimate of drug-likeness (QED) is 0.578. The van der Waals surface area contributed by atoms with E-state index >= 15 is 0 Å². The molecule has 0 saturated carbocycles. The zero-order chi connectivity index (χ0) is 21.6. The third-order valence-corrected chi connectivity index (χ3v) is 5.76. The number of piperidine rings is 1. The Morgan fingerprint density at radius 2 is 2.03 bits per heavy atom. The van der Waals surface area contributed by atoms with Gasteiger partial charge in [-0.25, -0.2) is 0 Å². The first-order valence-electron chi connectivity index (χ1n) is 10.8. The lowest BCUT2D eigenvalue weighted by atomic mass is 10.0. The highest BCUT2D eigenvalue weighted by atomic mass is 16.2. The van der Waals surface area contributed by atoms with Gasteiger partial charge in [-0.1, -0.05) is 30.3 Å². The highest BCUT2D eigenvalue weighted by Gasteiger charge is 2.23. The molecule has 6 nitrogen and oxygen atoms in total. The third-order valence-electron chi connectivity index (χ3n) is 5.76. The van der Waals surface area contributed by atoms with Gasteiger partial charge in [-0.2, -0.15) is 5.10 Å². The minimum Gasteiger partial charge on any atom is -0.338 e. The van der Waals surface area contributed by atoms with E-state index in [1.807, 2.05) is 52.2 Å². The lowest BCUT2D eigenvalue weighted by Crippen LogP contribution is -2.47. The molecule has 1 saturated heterocycles. The van der Waals surface area contributed by atoms with Gasteiger partial charge in [-0.3, -0.25) is 14.5 Å². The molecule has 1 atom stereocenters. The van der Waals surface area contributed by atoms with Crippen molar-refractivity contribution in [2.45, 2.75) is 25.4 Å². The van der Waals surface area contributed by atoms with E-state index in [9.17, 15) is 4.79 Å². The fourth-order valence-corrected chi connectivity index (χ4v) is 3.98. The lowest BCUT2D eigenvalue weighted by Gasteiger charge is -2.35. The van der Waals surface area contributed by atoms with Crippen LogP contribution in [0.4, 0.5) is 0 Å². The maximum atomic E-state index is 12.9. The van der Waals surface area contributed by atoms with Gasteiger partial charge < -0.3 is 9.80 Å². The third kappa shape index (κ3) is 5.27. The normalized spacial score (nSPS) is 16.9. The second kappa shape index (κ2) is 9.71. The molecule has 0 N–H and O–H groups in total. The summed E-state index contributed by atoms with van der Waals surface area (Å²) in [6, 6.07) is 14.6. The summed E-state index contributed by atoms with van der Waals surface area (Å²) in [5, 5.41) is 4.80. The van der Waals surface area contributed by atoms with E-state index in [4.69, 9.17) is 5.10 Å². The van der Waals surface area contributed by atoms with Crippen molar-refractivity contribution in [3.05, 3.63) is 78.3 Å². The molecule has 3 heterocycles. The van der Waals surface area contributed by atoms with Crippen LogP contribution in [0.1, 0.15) is 24.0 Å². The standard InChI is InChI=1S/C25H29N5O/c1-28(2)23-11-7-15-29(19-23)24(31)13-12-22-18-30(17-20-8-4-3-5-9-20)27-25(22)21-10-6-14-26-16-21/h3-6,8-10,12-14,16,18,23H,7,11,15,17,19H2,1-2H3/b13-12+. The van der Waals surface area contributed by atoms with Crippen molar-refractivity contribution < 1.29 is 4.79 Å². The minimum atomic E-state index is 0.0551. The fourth-order valence-electron chi connectivity index (χ4n) is 3.98. The number of benzene rings is 1. The van der Waals surface area contributed by atoms with Crippen LogP contribution in [0.2, 0.25) is 0 Å². The molecule has 160 valence electrons. The maximum Gasteiger partial charge on any atom is 0.246 e. The van der Waals surface area contributed by atoms with Crippen molar-refractivity contribution in [3.63, 3.8) is 0 Å². The number of hydrogen-bond donors (Lipinski definition) is 0. The van der Waals surface area contributed by atoms with Gasteiger partial charge in [0.2, 0.25) is 5.91 Å². The molecule has 1 aromatic carbocycles. The topological polar surface area (TPSA) is 54.3 Å². The van der Waals surface area contributed by atoms with E-state index in [-0.39, 0.29) is 5.91 Å². The molecule has 0 spiro atoms. The first-order chi connectivity index (χ1) is 15.1. The van der Waals surface area contributed by atoms with Crippen molar-refractivity contribution in [2.75, 3.05) is 27.2 Å². The first kappa shape index (κ1) is 21.0. The Balaban J connectivity index is 1.56. The average molecular weight is 416 g/mol. The van der Waals surface area contributed by atoms with Gasteiger partial charge in [-0.05, 0) is 50.7 Å². The smallest absolute Gasteiger partial charge is 0.246 e. The highest BCUT2D eigenvalue weighted by Crippen LogP contribution is 2.23. The lowest BCUT2D eigenvalue weighted by molar-refractivity contribution is -0.127. The van der Waals surface area contributed by atoms with Crippen LogP contribution in [0.5, 0.6) is 0 Å². The zero-order valence-electron chi connectivity index (χ0n) is 18.2. The van der Waals surface area contributed by atoms with Gasteiger partial charge in [0.1, 0.15) is 5.69 Å². The van der Waals surface area contributed by atoms with Crippen LogP contribution < -0.4 is 0 Å². The molecule has 1 aliphatic heterocycles. The van der Waals surface area contributed by atoms with Gasteiger partial charge in [0.15, 0.2) is 0 Å². The summed E-state index contributed by atoms with van der Waals surface area (Å²) in [5.41, 5.74) is 3.86. The van der Waals surface area contributed by atoms with Gasteiger partial charge >= 0.3 is 0 Å². The summed E-state index contributed by atoms with van der Waals surface area (Å²) in [6.45, 7) is 2.27. The molecule has 0 aliphatic carbocycles. The van der Waals surface area contributed by atoms with E-state index in [2.05, 4.69) is 36.1 Å². The van der Waals surface area contributed by atoms with Crippen molar-refractivity contribution in [2.24, 2.45) is 0 Å². The van der Waals surface area contributed by atoms with Crippen LogP contribution in [-0.4, -0.2) is 63.7 Å². The fraction of sp³-hybridized carbons (Fsp3) is 0.320. The highest BCUT2D eigenvalue weighted by molar-refractivity contribution is 5.93. The number of nitrogens with zero attached hydrogens (tertiary/aromatic N) is 5. The van der Waals surface area contributed by atoms with Crippen molar-refractivity contribution in [1.82, 2.24) is 24.6 Å². The van der Waals surface area contributed by atoms with Crippen molar-refractivity contribution >= 4 is 12.0 Å². The summed E-state index contributed by atoms with van der Waals surface area (Å²) in [6.07, 6.45) is 11.3. The van der Waals surface area contributed by atoms with E-state index in [1.54, 1.807) is 18.5 Å². The Morgan fingerprint density at radius 3 is 2.77 bits per heavy atom. The van der Waals surface area contributed by atoms with Gasteiger partial charge in [0.25, 0.3) is 0 Å². The molecule has 2 aromatic heterocycles. The summed E-state index contributed by atoms with van der Waals surface area (Å²) in [4.78, 5) is 21.3. The molecule has 1 fully saturated rings. The molecular formula is C25H29N5O. The molecule has 4 rings (SSSR count). The van der Waals surface area contributed by atoms with Gasteiger partial charge in [-0.15, -0.1) is 0 Å². The Morgan fingerprint density at radius 1 is 1.19 bits per heavy atom. The molecule has 6 heteroatoms. The van der Waals surface area contributed by atoms with Crippen molar-refractivity contribution in [1.29, 1.82) is 0 Å². The number of aromatic nitrogens is 3. The number of carbonyl (C=O) groups is 1. The number of pyridine rings is 1.